The number of piperidine rings is 1. The lowest BCUT2D eigenvalue weighted by Crippen LogP contribution is -2.44. The highest BCUT2D eigenvalue weighted by Gasteiger charge is 2.40. The van der Waals surface area contributed by atoms with Gasteiger partial charge < -0.3 is 14.7 Å². The van der Waals surface area contributed by atoms with Crippen LogP contribution in [0, 0.1) is 5.92 Å². The maximum absolute atomic E-state index is 11.1. The van der Waals surface area contributed by atoms with Gasteiger partial charge >= 0.3 is 12.1 Å². The molecule has 0 aromatic carbocycles. The number of hydrogen-bond acceptors (Lipinski definition) is 3. The molecule has 0 saturated carbocycles. The molecule has 72 valence electrons. The first-order chi connectivity index (χ1) is 6.18. The summed E-state index contributed by atoms with van der Waals surface area (Å²) in [5.74, 6) is -1.24. The smallest absolute Gasteiger partial charge is 0.410 e. The van der Waals surface area contributed by atoms with Crippen molar-refractivity contribution in [2.45, 2.75) is 18.9 Å². The van der Waals surface area contributed by atoms with E-state index in [1.165, 1.54) is 4.90 Å². The Morgan fingerprint density at radius 3 is 3.00 bits per heavy atom. The van der Waals surface area contributed by atoms with Gasteiger partial charge in [-0.3, -0.25) is 4.79 Å². The van der Waals surface area contributed by atoms with Crippen LogP contribution in [0.4, 0.5) is 4.79 Å². The first-order valence-electron chi connectivity index (χ1n) is 4.34. The van der Waals surface area contributed by atoms with Crippen LogP contribution in [0.1, 0.15) is 12.8 Å². The molecule has 1 N–H and O–H groups in total. The SMILES string of the molecule is O=C(O)C1CCC2COC(=O)N2C1. The first-order valence-corrected chi connectivity index (χ1v) is 4.34. The van der Waals surface area contributed by atoms with Crippen molar-refractivity contribution >= 4 is 12.1 Å². The summed E-state index contributed by atoms with van der Waals surface area (Å²) in [6.45, 7) is 0.726. The van der Waals surface area contributed by atoms with E-state index in [0.29, 0.717) is 19.6 Å². The molecule has 1 amide bonds. The summed E-state index contributed by atoms with van der Waals surface area (Å²) in [7, 11) is 0. The lowest BCUT2D eigenvalue weighted by Gasteiger charge is -2.30. The number of carboxylic acids is 1. The topological polar surface area (TPSA) is 66.8 Å². The standard InChI is InChI=1S/C8H11NO4/c10-7(11)5-1-2-6-4-13-8(12)9(6)3-5/h5-6H,1-4H2,(H,10,11). The molecule has 2 fully saturated rings. The number of carboxylic acid groups (broad SMARTS) is 1. The molecule has 2 saturated heterocycles. The summed E-state index contributed by atoms with van der Waals surface area (Å²) in [6, 6.07) is 0.114. The number of amides is 1. The van der Waals surface area contributed by atoms with Crippen LogP contribution in [0.5, 0.6) is 0 Å². The molecular weight excluding hydrogens is 174 g/mol. The fourth-order valence-corrected chi connectivity index (χ4v) is 1.88. The molecule has 2 atom stereocenters. The van der Waals surface area contributed by atoms with Gasteiger partial charge in [0.2, 0.25) is 0 Å². The van der Waals surface area contributed by atoms with Crippen molar-refractivity contribution < 1.29 is 19.4 Å². The van der Waals surface area contributed by atoms with Crippen LogP contribution < -0.4 is 0 Å². The molecular formula is C8H11NO4. The Kier molecular flexibility index (Phi) is 1.86. The Bertz CT molecular complexity index is 253. The number of nitrogens with zero attached hydrogens (tertiary/aromatic N) is 1. The van der Waals surface area contributed by atoms with Crippen molar-refractivity contribution in [2.24, 2.45) is 5.92 Å². The number of rotatable bonds is 1. The summed E-state index contributed by atoms with van der Waals surface area (Å²) in [4.78, 5) is 23.3. The minimum Gasteiger partial charge on any atom is -0.481 e. The van der Waals surface area contributed by atoms with Crippen molar-refractivity contribution in [2.75, 3.05) is 13.2 Å². The van der Waals surface area contributed by atoms with Crippen molar-refractivity contribution in [3.8, 4) is 0 Å². The molecule has 0 spiro atoms. The van der Waals surface area contributed by atoms with Gasteiger partial charge in [-0.15, -0.1) is 0 Å². The molecule has 2 unspecified atom stereocenters. The summed E-state index contributed by atoms with van der Waals surface area (Å²) in [5, 5.41) is 8.77. The van der Waals surface area contributed by atoms with Gasteiger partial charge in [0.25, 0.3) is 0 Å². The van der Waals surface area contributed by atoms with E-state index in [4.69, 9.17) is 9.84 Å². The summed E-state index contributed by atoms with van der Waals surface area (Å²) in [5.41, 5.74) is 0. The van der Waals surface area contributed by atoms with Gasteiger partial charge in [0.1, 0.15) is 6.61 Å². The van der Waals surface area contributed by atoms with Gasteiger partial charge in [0.15, 0.2) is 0 Å². The zero-order chi connectivity index (χ0) is 9.42. The predicted molar refractivity (Wildman–Crippen MR) is 42.2 cm³/mol. The molecule has 0 bridgehead atoms. The molecule has 5 nitrogen and oxygen atoms in total. The van der Waals surface area contributed by atoms with E-state index < -0.39 is 11.9 Å². The van der Waals surface area contributed by atoms with Gasteiger partial charge in [-0.25, -0.2) is 4.79 Å². The minimum absolute atomic E-state index is 0.114. The number of ether oxygens (including phenoxy) is 1. The Morgan fingerprint density at radius 2 is 2.31 bits per heavy atom. The normalized spacial score (nSPS) is 32.6. The third-order valence-corrected chi connectivity index (χ3v) is 2.69. The van der Waals surface area contributed by atoms with E-state index in [-0.39, 0.29) is 12.1 Å². The molecule has 2 aliphatic heterocycles. The molecule has 0 aromatic rings. The summed E-state index contributed by atoms with van der Waals surface area (Å²) >= 11 is 0. The quantitative estimate of drug-likeness (QED) is 0.638. The van der Waals surface area contributed by atoms with Gasteiger partial charge in [0, 0.05) is 6.54 Å². The van der Waals surface area contributed by atoms with Gasteiger partial charge in [-0.2, -0.15) is 0 Å². The van der Waals surface area contributed by atoms with Crippen molar-refractivity contribution in [1.29, 1.82) is 0 Å². The molecule has 13 heavy (non-hydrogen) atoms. The van der Waals surface area contributed by atoms with E-state index in [1.807, 2.05) is 0 Å². The van der Waals surface area contributed by atoms with Crippen LogP contribution in [0.25, 0.3) is 0 Å². The molecule has 0 radical (unpaired) electrons. The average molecular weight is 185 g/mol. The lowest BCUT2D eigenvalue weighted by atomic mass is 9.94. The number of aliphatic carboxylic acids is 1. The second-order valence-electron chi connectivity index (χ2n) is 3.50. The van der Waals surface area contributed by atoms with Crippen molar-refractivity contribution in [3.63, 3.8) is 0 Å². The van der Waals surface area contributed by atoms with Crippen LogP contribution in [0.15, 0.2) is 0 Å². The zero-order valence-corrected chi connectivity index (χ0v) is 7.10. The largest absolute Gasteiger partial charge is 0.481 e. The Morgan fingerprint density at radius 1 is 1.54 bits per heavy atom. The molecule has 0 aliphatic carbocycles. The lowest BCUT2D eigenvalue weighted by molar-refractivity contribution is -0.143. The minimum atomic E-state index is -0.821. The fourth-order valence-electron chi connectivity index (χ4n) is 1.88. The number of fused-ring (bicyclic) bond motifs is 1. The van der Waals surface area contributed by atoms with E-state index in [1.54, 1.807) is 0 Å². The zero-order valence-electron chi connectivity index (χ0n) is 7.10. The summed E-state index contributed by atoms with van der Waals surface area (Å²) < 4.78 is 4.82. The maximum atomic E-state index is 11.1. The number of cyclic esters (lactones) is 1. The Labute approximate surface area is 75.3 Å². The van der Waals surface area contributed by atoms with Crippen LogP contribution in [-0.2, 0) is 9.53 Å². The van der Waals surface area contributed by atoms with E-state index >= 15 is 0 Å². The average Bonchev–Trinajstić information content (AvgIpc) is 2.47. The third kappa shape index (κ3) is 1.34. The Hall–Kier alpha value is -1.26. The van der Waals surface area contributed by atoms with Gasteiger partial charge in [0.05, 0.1) is 12.0 Å². The van der Waals surface area contributed by atoms with Crippen LogP contribution in [0.3, 0.4) is 0 Å². The van der Waals surface area contributed by atoms with Gasteiger partial charge in [-0.05, 0) is 12.8 Å². The predicted octanol–water partition coefficient (Wildman–Crippen LogP) is 0.302. The third-order valence-electron chi connectivity index (χ3n) is 2.69. The van der Waals surface area contributed by atoms with E-state index in [0.717, 1.165) is 6.42 Å². The van der Waals surface area contributed by atoms with Crippen LogP contribution >= 0.6 is 0 Å². The molecule has 2 aliphatic rings. The highest BCUT2D eigenvalue weighted by Crippen LogP contribution is 2.26. The monoisotopic (exact) mass is 185 g/mol. The maximum Gasteiger partial charge on any atom is 0.410 e. The Balaban J connectivity index is 2.05. The van der Waals surface area contributed by atoms with Crippen molar-refractivity contribution in [1.82, 2.24) is 4.90 Å². The molecule has 2 heterocycles. The number of carbonyl (C=O) groups is 2. The highest BCUT2D eigenvalue weighted by molar-refractivity contribution is 5.74. The number of hydrogen-bond donors (Lipinski definition) is 1. The fraction of sp³-hybridized carbons (Fsp3) is 0.750. The van der Waals surface area contributed by atoms with E-state index in [9.17, 15) is 9.59 Å². The molecule has 5 heteroatoms. The second-order valence-corrected chi connectivity index (χ2v) is 3.50. The molecule has 0 aromatic heterocycles. The first kappa shape index (κ1) is 8.34. The number of carbonyl (C=O) groups excluding carboxylic acids is 1. The van der Waals surface area contributed by atoms with Gasteiger partial charge in [-0.1, -0.05) is 0 Å². The highest BCUT2D eigenvalue weighted by atomic mass is 16.6. The molecule has 2 rings (SSSR count). The van der Waals surface area contributed by atoms with Crippen LogP contribution in [0.2, 0.25) is 0 Å². The van der Waals surface area contributed by atoms with E-state index in [2.05, 4.69) is 0 Å². The van der Waals surface area contributed by atoms with Crippen molar-refractivity contribution in [3.05, 3.63) is 0 Å². The summed E-state index contributed by atoms with van der Waals surface area (Å²) in [6.07, 6.45) is 1.02. The van der Waals surface area contributed by atoms with Crippen LogP contribution in [-0.4, -0.2) is 41.3 Å². The second kappa shape index (κ2) is 2.90.